The quantitative estimate of drug-likeness (QED) is 0.157. The van der Waals surface area contributed by atoms with Crippen LogP contribution in [-0.2, 0) is 20.9 Å². The van der Waals surface area contributed by atoms with Crippen molar-refractivity contribution in [3.63, 3.8) is 0 Å². The highest BCUT2D eigenvalue weighted by molar-refractivity contribution is 7.98. The number of aliphatic hydroxyl groups excluding tert-OH is 2. The minimum Gasteiger partial charge on any atom is -0.394 e. The maximum absolute atomic E-state index is 10.5. The number of rotatable bonds is 11. The number of nitrogens with zero attached hydrogens (tertiary/aromatic N) is 2. The summed E-state index contributed by atoms with van der Waals surface area (Å²) in [5, 5.41) is 24.5. The van der Waals surface area contributed by atoms with E-state index in [4.69, 9.17) is 0 Å². The van der Waals surface area contributed by atoms with Crippen LogP contribution in [0.2, 0.25) is 0 Å². The second-order valence-corrected chi connectivity index (χ2v) is 6.72. The van der Waals surface area contributed by atoms with Gasteiger partial charge in [0.15, 0.2) is 5.16 Å². The van der Waals surface area contributed by atoms with Crippen LogP contribution in [0.15, 0.2) is 41.6 Å². The van der Waals surface area contributed by atoms with Gasteiger partial charge < -0.3 is 20.8 Å². The molecule has 1 aromatic carbocycles. The van der Waals surface area contributed by atoms with Gasteiger partial charge in [-0.25, -0.2) is 18.4 Å². The van der Waals surface area contributed by atoms with Crippen molar-refractivity contribution in [3.05, 3.63) is 42.0 Å². The van der Waals surface area contributed by atoms with Gasteiger partial charge in [0.2, 0.25) is 0 Å². The molecule has 0 unspecified atom stereocenters. The zero-order valence-corrected chi connectivity index (χ0v) is 15.4. The Hall–Kier alpha value is -1.92. The molecule has 0 fully saturated rings. The number of hydrogen-bond donors (Lipinski definition) is 5. The molecule has 0 amide bonds. The summed E-state index contributed by atoms with van der Waals surface area (Å²) in [6.45, 7) is -0.799. The summed E-state index contributed by atoms with van der Waals surface area (Å²) in [4.78, 5) is 8.65. The van der Waals surface area contributed by atoms with E-state index in [1.165, 1.54) is 17.8 Å². The predicted octanol–water partition coefficient (Wildman–Crippen LogP) is 0.446. The van der Waals surface area contributed by atoms with Crippen LogP contribution in [0.25, 0.3) is 0 Å². The van der Waals surface area contributed by atoms with Gasteiger partial charge in [-0.05, 0) is 5.56 Å². The Balaban J connectivity index is 2.12. The van der Waals surface area contributed by atoms with E-state index in [-0.39, 0.29) is 19.9 Å². The average molecular weight is 400 g/mol. The number of anilines is 2. The Morgan fingerprint density at radius 3 is 2.46 bits per heavy atom. The first-order valence-corrected chi connectivity index (χ1v) is 9.74. The molecule has 0 bridgehead atoms. The minimum absolute atomic E-state index is 0.263. The minimum atomic E-state index is -2.96. The largest absolute Gasteiger partial charge is 0.394 e. The van der Waals surface area contributed by atoms with Crippen molar-refractivity contribution in [2.75, 3.05) is 30.6 Å². The normalized spacial score (nSPS) is 11.1. The Kier molecular flexibility index (Phi) is 8.58. The summed E-state index contributed by atoms with van der Waals surface area (Å²) in [7, 11) is -2.96. The summed E-state index contributed by atoms with van der Waals surface area (Å²) in [5.74, 6) is 1.39. The van der Waals surface area contributed by atoms with Crippen molar-refractivity contribution in [1.29, 1.82) is 0 Å². The Bertz CT molecular complexity index is 749. The molecule has 0 spiro atoms. The van der Waals surface area contributed by atoms with Gasteiger partial charge >= 0.3 is 0 Å². The van der Waals surface area contributed by atoms with Crippen molar-refractivity contribution in [3.8, 4) is 0 Å². The van der Waals surface area contributed by atoms with Crippen LogP contribution in [0.5, 0.6) is 0 Å². The topological polar surface area (TPSA) is 134 Å². The van der Waals surface area contributed by atoms with E-state index >= 15 is 0 Å². The van der Waals surface area contributed by atoms with Crippen LogP contribution in [0.3, 0.4) is 0 Å². The second kappa shape index (κ2) is 10.9. The first-order chi connectivity index (χ1) is 12.6. The lowest BCUT2D eigenvalue weighted by molar-refractivity contribution is 0.203. The maximum Gasteiger partial charge on any atom is 0.258 e. The van der Waals surface area contributed by atoms with E-state index in [1.54, 1.807) is 0 Å². The van der Waals surface area contributed by atoms with Crippen LogP contribution >= 0.6 is 11.8 Å². The lowest BCUT2D eigenvalue weighted by atomic mass is 10.2. The molecule has 0 aliphatic rings. The molecule has 11 heteroatoms. The summed E-state index contributed by atoms with van der Waals surface area (Å²) >= 11 is 1.40. The number of thioether (sulfide) groups is 1. The first-order valence-electron chi connectivity index (χ1n) is 7.66. The van der Waals surface area contributed by atoms with Crippen molar-refractivity contribution >= 4 is 34.4 Å². The molecule has 0 aliphatic carbocycles. The van der Waals surface area contributed by atoms with Crippen molar-refractivity contribution < 1.29 is 22.8 Å². The fourth-order valence-electron chi connectivity index (χ4n) is 1.89. The molecule has 1 heterocycles. The van der Waals surface area contributed by atoms with Crippen LogP contribution < -0.4 is 10.6 Å². The fourth-order valence-corrected chi connectivity index (χ4v) is 2.88. The Labute approximate surface area is 157 Å². The molecule has 2 aromatic rings. The maximum atomic E-state index is 10.5. The molecule has 142 valence electrons. The third kappa shape index (κ3) is 7.14. The summed E-state index contributed by atoms with van der Waals surface area (Å²) < 4.78 is 25.4. The molecule has 2 rings (SSSR count). The number of aromatic nitrogens is 2. The molecule has 0 saturated carbocycles. The van der Waals surface area contributed by atoms with Gasteiger partial charge in [-0.3, -0.25) is 4.18 Å². The molecule has 0 atom stereocenters. The average Bonchev–Trinajstić information content (AvgIpc) is 2.65. The van der Waals surface area contributed by atoms with Gasteiger partial charge in [-0.2, -0.15) is 0 Å². The van der Waals surface area contributed by atoms with Crippen LogP contribution in [0.1, 0.15) is 5.56 Å². The number of nitrogens with one attached hydrogen (secondary N) is 2. The summed E-state index contributed by atoms with van der Waals surface area (Å²) in [6.07, 6.45) is 0. The van der Waals surface area contributed by atoms with Gasteiger partial charge in [0, 0.05) is 11.8 Å². The van der Waals surface area contributed by atoms with Gasteiger partial charge in [-0.15, -0.1) is 0 Å². The zero-order valence-electron chi connectivity index (χ0n) is 13.7. The van der Waals surface area contributed by atoms with E-state index in [9.17, 15) is 18.6 Å². The van der Waals surface area contributed by atoms with Crippen molar-refractivity contribution in [1.82, 2.24) is 9.97 Å². The molecule has 4 N–H and O–H groups in total. The van der Waals surface area contributed by atoms with E-state index in [0.717, 1.165) is 5.56 Å². The third-order valence-electron chi connectivity index (χ3n) is 3.13. The monoisotopic (exact) mass is 400 g/mol. The van der Waals surface area contributed by atoms with E-state index in [2.05, 4.69) is 24.8 Å². The molecule has 0 aliphatic heterocycles. The summed E-state index contributed by atoms with van der Waals surface area (Å²) in [5.41, 5.74) is 1.10. The van der Waals surface area contributed by atoms with Crippen molar-refractivity contribution in [2.24, 2.45) is 0 Å². The molecular formula is C15H20N4O5S2. The molecule has 26 heavy (non-hydrogen) atoms. The molecule has 0 saturated heterocycles. The summed E-state index contributed by atoms with van der Waals surface area (Å²) in [6, 6.07) is 10.7. The van der Waals surface area contributed by atoms with E-state index < -0.39 is 17.0 Å². The van der Waals surface area contributed by atoms with Crippen molar-refractivity contribution in [2.45, 2.75) is 17.0 Å². The molecular weight excluding hydrogens is 380 g/mol. The third-order valence-corrected chi connectivity index (χ3v) is 4.39. The van der Waals surface area contributed by atoms with Crippen LogP contribution in [0, 0.1) is 0 Å². The zero-order chi connectivity index (χ0) is 18.8. The Morgan fingerprint density at radius 2 is 1.81 bits per heavy atom. The SMILES string of the molecule is O=[SH](=O)OCNc1cc(NC(CO)CO)nc(SCc2ccccc2)n1. The lowest BCUT2D eigenvalue weighted by Crippen LogP contribution is -2.28. The fraction of sp³-hybridized carbons (Fsp3) is 0.333. The van der Waals surface area contributed by atoms with Gasteiger partial charge in [0.05, 0.1) is 19.3 Å². The lowest BCUT2D eigenvalue weighted by Gasteiger charge is -2.15. The first kappa shape index (κ1) is 20.4. The molecule has 0 radical (unpaired) electrons. The second-order valence-electron chi connectivity index (χ2n) is 5.08. The Morgan fingerprint density at radius 1 is 1.12 bits per heavy atom. The number of hydrogen-bond acceptors (Lipinski definition) is 10. The van der Waals surface area contributed by atoms with E-state index in [1.807, 2.05) is 30.3 Å². The molecule has 9 nitrogen and oxygen atoms in total. The standard InChI is InChI=1S/C15H20N4O5S2/c20-7-12(8-21)17-14-6-13(16-10-24-26(22)23)18-15(19-14)25-9-11-4-2-1-3-5-11/h1-6,12,20-21,26H,7-10H2,(H2,16,17,18,19). The molecule has 1 aromatic heterocycles. The highest BCUT2D eigenvalue weighted by atomic mass is 32.2. The van der Waals surface area contributed by atoms with Gasteiger partial charge in [0.1, 0.15) is 18.4 Å². The van der Waals surface area contributed by atoms with Crippen LogP contribution in [0.4, 0.5) is 11.6 Å². The number of aliphatic hydroxyl groups is 2. The smallest absolute Gasteiger partial charge is 0.258 e. The highest BCUT2D eigenvalue weighted by Crippen LogP contribution is 2.23. The number of thiol groups is 1. The van der Waals surface area contributed by atoms with Crippen LogP contribution in [-0.4, -0.2) is 54.6 Å². The highest BCUT2D eigenvalue weighted by Gasteiger charge is 2.10. The predicted molar refractivity (Wildman–Crippen MR) is 99.5 cm³/mol. The van der Waals surface area contributed by atoms with Gasteiger partial charge in [0.25, 0.3) is 11.0 Å². The van der Waals surface area contributed by atoms with E-state index in [0.29, 0.717) is 22.5 Å². The van der Waals surface area contributed by atoms with Gasteiger partial charge in [-0.1, -0.05) is 42.1 Å². The number of benzene rings is 1.